The molecule has 1 atom stereocenters. The first-order valence-electron chi connectivity index (χ1n) is 12.3. The first-order valence-corrected chi connectivity index (χ1v) is 12.3. The Kier molecular flexibility index (Phi) is 9.62. The fraction of sp³-hybridized carbons (Fsp3) is 0.333. The van der Waals surface area contributed by atoms with E-state index in [0.717, 1.165) is 22.3 Å². The maximum absolute atomic E-state index is 13.6. The van der Waals surface area contributed by atoms with Crippen LogP contribution in [0.3, 0.4) is 0 Å². The van der Waals surface area contributed by atoms with E-state index in [1.807, 2.05) is 76.2 Å². The van der Waals surface area contributed by atoms with Crippen molar-refractivity contribution in [3.63, 3.8) is 0 Å². The quantitative estimate of drug-likeness (QED) is 0.400. The Morgan fingerprint density at radius 1 is 0.917 bits per heavy atom. The topological polar surface area (TPSA) is 58.6 Å². The number of benzene rings is 3. The van der Waals surface area contributed by atoms with Gasteiger partial charge in [-0.25, -0.2) is 4.39 Å². The molecule has 3 rings (SSSR count). The monoisotopic (exact) mass is 490 g/mol. The Labute approximate surface area is 213 Å². The lowest BCUT2D eigenvalue weighted by molar-refractivity contribution is -0.142. The Balaban J connectivity index is 1.90. The summed E-state index contributed by atoms with van der Waals surface area (Å²) in [5.74, 6) is -0.0364. The van der Waals surface area contributed by atoms with Crippen molar-refractivity contribution in [3.05, 3.63) is 101 Å². The molecule has 0 fully saturated rings. The van der Waals surface area contributed by atoms with E-state index in [4.69, 9.17) is 4.74 Å². The molecular formula is C30H35FN2O3. The van der Waals surface area contributed by atoms with Gasteiger partial charge in [0.1, 0.15) is 17.6 Å². The smallest absolute Gasteiger partial charge is 0.261 e. The van der Waals surface area contributed by atoms with Crippen LogP contribution >= 0.6 is 0 Å². The third kappa shape index (κ3) is 8.22. The molecule has 0 aliphatic heterocycles. The predicted molar refractivity (Wildman–Crippen MR) is 140 cm³/mol. The van der Waals surface area contributed by atoms with Crippen molar-refractivity contribution in [2.75, 3.05) is 13.2 Å². The van der Waals surface area contributed by atoms with Crippen LogP contribution in [-0.2, 0) is 22.6 Å². The zero-order valence-corrected chi connectivity index (χ0v) is 21.5. The largest absolute Gasteiger partial charge is 0.484 e. The molecule has 0 radical (unpaired) electrons. The number of hydrogen-bond acceptors (Lipinski definition) is 3. The van der Waals surface area contributed by atoms with E-state index in [1.54, 1.807) is 17.0 Å². The number of rotatable bonds is 11. The van der Waals surface area contributed by atoms with Crippen molar-refractivity contribution in [1.29, 1.82) is 0 Å². The number of nitrogens with zero attached hydrogens (tertiary/aromatic N) is 1. The van der Waals surface area contributed by atoms with Crippen LogP contribution in [-0.4, -0.2) is 35.9 Å². The molecule has 5 nitrogen and oxygen atoms in total. The van der Waals surface area contributed by atoms with Crippen LogP contribution in [0.5, 0.6) is 5.75 Å². The summed E-state index contributed by atoms with van der Waals surface area (Å²) < 4.78 is 19.4. The van der Waals surface area contributed by atoms with Gasteiger partial charge in [-0.15, -0.1) is 0 Å². The van der Waals surface area contributed by atoms with E-state index in [1.165, 1.54) is 12.1 Å². The number of ether oxygens (including phenoxy) is 1. The van der Waals surface area contributed by atoms with Gasteiger partial charge in [-0.2, -0.15) is 0 Å². The highest BCUT2D eigenvalue weighted by Crippen LogP contribution is 2.19. The van der Waals surface area contributed by atoms with Crippen LogP contribution in [0.4, 0.5) is 4.39 Å². The molecule has 0 saturated carbocycles. The molecule has 0 aliphatic rings. The first kappa shape index (κ1) is 26.9. The van der Waals surface area contributed by atoms with Gasteiger partial charge in [-0.05, 0) is 66.3 Å². The second-order valence-corrected chi connectivity index (χ2v) is 9.60. The molecule has 3 aromatic carbocycles. The van der Waals surface area contributed by atoms with Gasteiger partial charge in [0.05, 0.1) is 0 Å². The van der Waals surface area contributed by atoms with Crippen molar-refractivity contribution in [1.82, 2.24) is 10.2 Å². The number of nitrogens with one attached hydrogen (secondary N) is 1. The SMILES string of the molecule is Cc1cc(C)cc(OCC(=O)N(Cc2ccc(F)cc2)[C@@H](Cc2ccccc2)C(=O)NCC(C)C)c1. The fourth-order valence-electron chi connectivity index (χ4n) is 4.01. The average molecular weight is 491 g/mol. The van der Waals surface area contributed by atoms with Crippen molar-refractivity contribution >= 4 is 11.8 Å². The van der Waals surface area contributed by atoms with Gasteiger partial charge in [0.15, 0.2) is 6.61 Å². The average Bonchev–Trinajstić information content (AvgIpc) is 2.84. The molecule has 190 valence electrons. The van der Waals surface area contributed by atoms with E-state index in [2.05, 4.69) is 5.32 Å². The highest BCUT2D eigenvalue weighted by Gasteiger charge is 2.30. The lowest BCUT2D eigenvalue weighted by atomic mass is 10.0. The number of amides is 2. The maximum Gasteiger partial charge on any atom is 0.261 e. The van der Waals surface area contributed by atoms with Gasteiger partial charge >= 0.3 is 0 Å². The summed E-state index contributed by atoms with van der Waals surface area (Å²) in [5, 5.41) is 2.99. The second-order valence-electron chi connectivity index (χ2n) is 9.60. The highest BCUT2D eigenvalue weighted by molar-refractivity contribution is 5.88. The van der Waals surface area contributed by atoms with Crippen LogP contribution in [0.2, 0.25) is 0 Å². The third-order valence-corrected chi connectivity index (χ3v) is 5.78. The van der Waals surface area contributed by atoms with Gasteiger partial charge in [0.25, 0.3) is 5.91 Å². The van der Waals surface area contributed by atoms with E-state index in [0.29, 0.717) is 18.7 Å². The zero-order valence-electron chi connectivity index (χ0n) is 21.5. The summed E-state index contributed by atoms with van der Waals surface area (Å²) in [6.07, 6.45) is 0.348. The van der Waals surface area contributed by atoms with Crippen LogP contribution in [0.25, 0.3) is 0 Å². The minimum Gasteiger partial charge on any atom is -0.484 e. The number of carbonyl (C=O) groups excluding carboxylic acids is 2. The first-order chi connectivity index (χ1) is 17.2. The standard InChI is InChI=1S/C30H35FN2O3/c1-21(2)18-32-30(35)28(17-24-8-6-5-7-9-24)33(19-25-10-12-26(31)13-11-25)29(34)20-36-27-15-22(3)14-23(4)16-27/h5-16,21,28H,17-20H2,1-4H3,(H,32,35)/t28-/m0/s1. The summed E-state index contributed by atoms with van der Waals surface area (Å²) in [7, 11) is 0. The normalized spacial score (nSPS) is 11.7. The summed E-state index contributed by atoms with van der Waals surface area (Å²) in [6.45, 7) is 8.42. The Morgan fingerprint density at radius 3 is 2.17 bits per heavy atom. The van der Waals surface area contributed by atoms with E-state index < -0.39 is 6.04 Å². The molecule has 36 heavy (non-hydrogen) atoms. The Bertz CT molecular complexity index is 1130. The Hall–Kier alpha value is -3.67. The second kappa shape index (κ2) is 12.9. The molecule has 0 unspecified atom stereocenters. The predicted octanol–water partition coefficient (Wildman–Crippen LogP) is 5.23. The Morgan fingerprint density at radius 2 is 1.56 bits per heavy atom. The molecule has 0 aliphatic carbocycles. The summed E-state index contributed by atoms with van der Waals surface area (Å²) in [4.78, 5) is 28.5. The van der Waals surface area contributed by atoms with Crippen LogP contribution in [0, 0.1) is 25.6 Å². The molecule has 0 spiro atoms. The van der Waals surface area contributed by atoms with Crippen molar-refractivity contribution in [2.45, 2.75) is 46.7 Å². The van der Waals surface area contributed by atoms with Gasteiger partial charge in [0.2, 0.25) is 5.91 Å². The minimum absolute atomic E-state index is 0.155. The highest BCUT2D eigenvalue weighted by atomic mass is 19.1. The van der Waals surface area contributed by atoms with Gasteiger partial charge < -0.3 is 15.0 Å². The van der Waals surface area contributed by atoms with Crippen molar-refractivity contribution in [3.8, 4) is 5.75 Å². The summed E-state index contributed by atoms with van der Waals surface area (Å²) >= 11 is 0. The zero-order chi connectivity index (χ0) is 26.1. The molecular weight excluding hydrogens is 455 g/mol. The van der Waals surface area contributed by atoms with Crippen molar-refractivity contribution < 1.29 is 18.7 Å². The van der Waals surface area contributed by atoms with Gasteiger partial charge in [-0.3, -0.25) is 9.59 Å². The fourth-order valence-corrected chi connectivity index (χ4v) is 4.01. The summed E-state index contributed by atoms with van der Waals surface area (Å²) in [6, 6.07) is 20.6. The van der Waals surface area contributed by atoms with E-state index in [9.17, 15) is 14.0 Å². The molecule has 3 aromatic rings. The van der Waals surface area contributed by atoms with Crippen LogP contribution < -0.4 is 10.1 Å². The van der Waals surface area contributed by atoms with Crippen LogP contribution in [0.15, 0.2) is 72.8 Å². The van der Waals surface area contributed by atoms with E-state index >= 15 is 0 Å². The number of aryl methyl sites for hydroxylation is 2. The summed E-state index contributed by atoms with van der Waals surface area (Å²) in [5.41, 5.74) is 3.74. The van der Waals surface area contributed by atoms with Gasteiger partial charge in [-0.1, -0.05) is 62.4 Å². The lowest BCUT2D eigenvalue weighted by Gasteiger charge is -2.31. The molecule has 0 bridgehead atoms. The minimum atomic E-state index is -0.758. The molecule has 6 heteroatoms. The maximum atomic E-state index is 13.6. The van der Waals surface area contributed by atoms with Crippen LogP contribution in [0.1, 0.15) is 36.1 Å². The van der Waals surface area contributed by atoms with Gasteiger partial charge in [0, 0.05) is 19.5 Å². The number of carbonyl (C=O) groups is 2. The molecule has 0 saturated heterocycles. The molecule has 1 N–H and O–H groups in total. The van der Waals surface area contributed by atoms with E-state index in [-0.39, 0.29) is 36.7 Å². The van der Waals surface area contributed by atoms with Crippen molar-refractivity contribution in [2.24, 2.45) is 5.92 Å². The molecule has 0 heterocycles. The number of halogens is 1. The molecule has 2 amide bonds. The third-order valence-electron chi connectivity index (χ3n) is 5.78. The lowest BCUT2D eigenvalue weighted by Crippen LogP contribution is -2.52. The molecule has 0 aromatic heterocycles. The number of hydrogen-bond donors (Lipinski definition) is 1.